The molecule has 2 heterocycles. The van der Waals surface area contributed by atoms with Crippen molar-refractivity contribution >= 4 is 35.0 Å². The van der Waals surface area contributed by atoms with E-state index in [0.29, 0.717) is 48.3 Å². The average molecular weight is 441 g/mol. The van der Waals surface area contributed by atoms with Crippen molar-refractivity contribution in [2.24, 2.45) is 0 Å². The lowest BCUT2D eigenvalue weighted by atomic mass is 10.2. The van der Waals surface area contributed by atoms with Gasteiger partial charge in [0, 0.05) is 57.9 Å². The molecular formula is C21H30Cl2N4O2. The highest BCUT2D eigenvalue weighted by Gasteiger charge is 2.26. The molecule has 2 aliphatic heterocycles. The minimum Gasteiger partial charge on any atom is -0.339 e. The van der Waals surface area contributed by atoms with Gasteiger partial charge in [0.2, 0.25) is 5.91 Å². The molecule has 3 rings (SSSR count). The molecule has 29 heavy (non-hydrogen) atoms. The van der Waals surface area contributed by atoms with E-state index in [1.807, 2.05) is 9.80 Å². The summed E-state index contributed by atoms with van der Waals surface area (Å²) in [5, 5.41) is 0.828. The number of carbonyl (C=O) groups is 2. The van der Waals surface area contributed by atoms with Crippen molar-refractivity contribution in [3.63, 3.8) is 0 Å². The van der Waals surface area contributed by atoms with E-state index in [1.54, 1.807) is 18.2 Å². The van der Waals surface area contributed by atoms with Crippen LogP contribution < -0.4 is 0 Å². The zero-order chi connectivity index (χ0) is 20.8. The van der Waals surface area contributed by atoms with E-state index >= 15 is 0 Å². The smallest absolute Gasteiger partial charge is 0.253 e. The number of hydrogen-bond donors (Lipinski definition) is 0. The van der Waals surface area contributed by atoms with Crippen molar-refractivity contribution in [2.75, 3.05) is 65.4 Å². The van der Waals surface area contributed by atoms with E-state index in [-0.39, 0.29) is 11.8 Å². The lowest BCUT2D eigenvalue weighted by Crippen LogP contribution is -2.54. The van der Waals surface area contributed by atoms with Gasteiger partial charge in [-0.05, 0) is 31.2 Å². The van der Waals surface area contributed by atoms with Crippen LogP contribution in [-0.2, 0) is 4.79 Å². The molecule has 6 nitrogen and oxygen atoms in total. The number of halogens is 2. The molecule has 1 aromatic carbocycles. The molecule has 2 fully saturated rings. The van der Waals surface area contributed by atoms with Crippen LogP contribution in [0.15, 0.2) is 18.2 Å². The maximum atomic E-state index is 12.7. The van der Waals surface area contributed by atoms with Gasteiger partial charge >= 0.3 is 0 Å². The fourth-order valence-electron chi connectivity index (χ4n) is 3.81. The Morgan fingerprint density at radius 1 is 0.862 bits per heavy atom. The molecule has 0 N–H and O–H groups in total. The fourth-order valence-corrected chi connectivity index (χ4v) is 4.11. The van der Waals surface area contributed by atoms with E-state index < -0.39 is 0 Å². The van der Waals surface area contributed by atoms with Crippen molar-refractivity contribution in [2.45, 2.75) is 19.8 Å². The molecule has 0 unspecified atom stereocenters. The molecule has 2 saturated heterocycles. The quantitative estimate of drug-likeness (QED) is 0.681. The van der Waals surface area contributed by atoms with E-state index in [9.17, 15) is 9.59 Å². The normalized spacial score (nSPS) is 18.9. The number of nitrogens with zero attached hydrogens (tertiary/aromatic N) is 4. The van der Waals surface area contributed by atoms with Gasteiger partial charge < -0.3 is 9.80 Å². The number of benzene rings is 1. The van der Waals surface area contributed by atoms with Crippen molar-refractivity contribution in [3.05, 3.63) is 33.8 Å². The lowest BCUT2D eigenvalue weighted by Gasteiger charge is -2.38. The molecule has 0 saturated carbocycles. The summed E-state index contributed by atoms with van der Waals surface area (Å²) >= 11 is 12.0. The summed E-state index contributed by atoms with van der Waals surface area (Å²) in [4.78, 5) is 33.7. The minimum absolute atomic E-state index is 0.0438. The maximum absolute atomic E-state index is 12.7. The molecule has 0 aliphatic carbocycles. The first-order valence-electron chi connectivity index (χ1n) is 10.4. The van der Waals surface area contributed by atoms with Crippen LogP contribution in [0, 0.1) is 0 Å². The summed E-state index contributed by atoms with van der Waals surface area (Å²) in [6.07, 6.45) is 2.43. The van der Waals surface area contributed by atoms with Gasteiger partial charge in [0.25, 0.3) is 5.91 Å². The summed E-state index contributed by atoms with van der Waals surface area (Å²) in [6, 6.07) is 4.96. The van der Waals surface area contributed by atoms with Crippen LogP contribution in [0.4, 0.5) is 0 Å². The van der Waals surface area contributed by atoms with Gasteiger partial charge in [0.05, 0.1) is 16.6 Å². The van der Waals surface area contributed by atoms with Crippen LogP contribution in [0.25, 0.3) is 0 Å². The Labute approximate surface area is 183 Å². The van der Waals surface area contributed by atoms with Gasteiger partial charge in [-0.2, -0.15) is 0 Å². The predicted molar refractivity (Wildman–Crippen MR) is 117 cm³/mol. The van der Waals surface area contributed by atoms with Gasteiger partial charge in [-0.15, -0.1) is 0 Å². The summed E-state index contributed by atoms with van der Waals surface area (Å²) < 4.78 is 0. The Balaban J connectivity index is 1.42. The Hall–Kier alpha value is -1.34. The Morgan fingerprint density at radius 3 is 2.10 bits per heavy atom. The summed E-state index contributed by atoms with van der Waals surface area (Å²) in [7, 11) is 0. The summed E-state index contributed by atoms with van der Waals surface area (Å²) in [5.74, 6) is 0.155. The van der Waals surface area contributed by atoms with Crippen molar-refractivity contribution in [3.8, 4) is 0 Å². The van der Waals surface area contributed by atoms with E-state index in [2.05, 4.69) is 16.7 Å². The number of rotatable bonds is 6. The highest BCUT2D eigenvalue weighted by molar-refractivity contribution is 6.42. The minimum atomic E-state index is -0.0438. The molecule has 0 atom stereocenters. The third-order valence-electron chi connectivity index (χ3n) is 5.74. The highest BCUT2D eigenvalue weighted by Crippen LogP contribution is 2.23. The SMILES string of the molecule is CCCCN1CCN(C(=O)CN2CCN(C(=O)c3ccc(Cl)c(Cl)c3)CC2)CC1. The predicted octanol–water partition coefficient (Wildman–Crippen LogP) is 2.70. The van der Waals surface area contributed by atoms with Crippen LogP contribution in [-0.4, -0.2) is 96.9 Å². The van der Waals surface area contributed by atoms with Crippen LogP contribution in [0.3, 0.4) is 0 Å². The summed E-state index contributed by atoms with van der Waals surface area (Å²) in [6.45, 7) is 9.97. The number of unbranched alkanes of at least 4 members (excludes halogenated alkanes) is 1. The zero-order valence-electron chi connectivity index (χ0n) is 17.1. The molecule has 2 aliphatic rings. The van der Waals surface area contributed by atoms with Gasteiger partial charge in [-0.3, -0.25) is 19.4 Å². The maximum Gasteiger partial charge on any atom is 0.253 e. The zero-order valence-corrected chi connectivity index (χ0v) is 18.6. The van der Waals surface area contributed by atoms with Crippen LogP contribution in [0.5, 0.6) is 0 Å². The number of amides is 2. The molecule has 0 aromatic heterocycles. The first kappa shape index (κ1) is 22.3. The van der Waals surface area contributed by atoms with E-state index in [0.717, 1.165) is 32.7 Å². The Bertz CT molecular complexity index is 715. The average Bonchev–Trinajstić information content (AvgIpc) is 2.74. The number of piperazine rings is 2. The molecule has 8 heteroatoms. The van der Waals surface area contributed by atoms with Crippen molar-refractivity contribution in [1.29, 1.82) is 0 Å². The fraction of sp³-hybridized carbons (Fsp3) is 0.619. The Kier molecular flexibility index (Phi) is 8.18. The van der Waals surface area contributed by atoms with E-state index in [1.165, 1.54) is 12.8 Å². The van der Waals surface area contributed by atoms with E-state index in [4.69, 9.17) is 23.2 Å². The monoisotopic (exact) mass is 440 g/mol. The first-order chi connectivity index (χ1) is 14.0. The third-order valence-corrected chi connectivity index (χ3v) is 6.48. The van der Waals surface area contributed by atoms with Gasteiger partial charge in [0.1, 0.15) is 0 Å². The summed E-state index contributed by atoms with van der Waals surface area (Å²) in [5.41, 5.74) is 0.546. The molecule has 0 radical (unpaired) electrons. The van der Waals surface area contributed by atoms with Gasteiger partial charge in [-0.1, -0.05) is 36.5 Å². The van der Waals surface area contributed by atoms with Crippen LogP contribution in [0.1, 0.15) is 30.1 Å². The van der Waals surface area contributed by atoms with Gasteiger partial charge in [0.15, 0.2) is 0 Å². The molecule has 1 aromatic rings. The standard InChI is InChI=1S/C21H30Cl2N4O2/c1-2-3-6-24-7-11-26(12-8-24)20(28)16-25-9-13-27(14-10-25)21(29)17-4-5-18(22)19(23)15-17/h4-5,15H,2-3,6-14,16H2,1H3. The number of carbonyl (C=O) groups excluding carboxylic acids is 2. The van der Waals surface area contributed by atoms with Crippen molar-refractivity contribution < 1.29 is 9.59 Å². The molecule has 160 valence electrons. The first-order valence-corrected chi connectivity index (χ1v) is 11.2. The number of hydrogen-bond acceptors (Lipinski definition) is 4. The third kappa shape index (κ3) is 6.07. The molecule has 2 amide bonds. The second-order valence-corrected chi connectivity index (χ2v) is 8.59. The Morgan fingerprint density at radius 2 is 1.48 bits per heavy atom. The second kappa shape index (κ2) is 10.6. The largest absolute Gasteiger partial charge is 0.339 e. The molecule has 0 spiro atoms. The molecular weight excluding hydrogens is 411 g/mol. The van der Waals surface area contributed by atoms with Crippen LogP contribution in [0.2, 0.25) is 10.0 Å². The van der Waals surface area contributed by atoms with Crippen molar-refractivity contribution in [1.82, 2.24) is 19.6 Å². The topological polar surface area (TPSA) is 47.1 Å². The van der Waals surface area contributed by atoms with Crippen LogP contribution >= 0.6 is 23.2 Å². The van der Waals surface area contributed by atoms with Gasteiger partial charge in [-0.25, -0.2) is 0 Å². The molecule has 0 bridgehead atoms. The second-order valence-electron chi connectivity index (χ2n) is 7.77. The highest BCUT2D eigenvalue weighted by atomic mass is 35.5. The lowest BCUT2D eigenvalue weighted by molar-refractivity contribution is -0.134.